The van der Waals surface area contributed by atoms with E-state index in [0.29, 0.717) is 36.1 Å². The van der Waals surface area contributed by atoms with E-state index in [1.807, 2.05) is 32.0 Å². The Kier molecular flexibility index (Phi) is 5.41. The van der Waals surface area contributed by atoms with Crippen molar-refractivity contribution in [3.8, 4) is 11.5 Å². The number of anilines is 2. The molecule has 0 radical (unpaired) electrons. The minimum atomic E-state index is -0.124. The van der Waals surface area contributed by atoms with E-state index in [4.69, 9.17) is 9.47 Å². The fourth-order valence-corrected chi connectivity index (χ4v) is 2.51. The third kappa shape index (κ3) is 4.53. The van der Waals surface area contributed by atoms with Gasteiger partial charge in [0.05, 0.1) is 6.42 Å². The quantitative estimate of drug-likeness (QED) is 0.864. The molecule has 0 aliphatic carbocycles. The molecule has 0 saturated carbocycles. The lowest BCUT2D eigenvalue weighted by molar-refractivity contribution is -0.119. The first-order valence-electron chi connectivity index (χ1n) is 8.60. The number of hydrogen-bond acceptors (Lipinski definition) is 4. The van der Waals surface area contributed by atoms with E-state index in [2.05, 4.69) is 10.6 Å². The van der Waals surface area contributed by atoms with Gasteiger partial charge in [-0.15, -0.1) is 0 Å². The SMILES string of the molecule is CC(C)C(=O)Nc1ccc(NC(=O)Cc2ccc3c(c2)OCCO3)cc1. The highest BCUT2D eigenvalue weighted by molar-refractivity contribution is 5.94. The molecule has 0 unspecified atom stereocenters. The minimum absolute atomic E-state index is 0.0413. The van der Waals surface area contributed by atoms with Crippen LogP contribution in [0.15, 0.2) is 42.5 Å². The van der Waals surface area contributed by atoms with Crippen LogP contribution in [-0.2, 0) is 16.0 Å². The molecule has 0 saturated heterocycles. The van der Waals surface area contributed by atoms with Gasteiger partial charge < -0.3 is 20.1 Å². The number of fused-ring (bicyclic) bond motifs is 1. The number of benzene rings is 2. The number of carbonyl (C=O) groups excluding carboxylic acids is 2. The summed E-state index contributed by atoms with van der Waals surface area (Å²) in [6.45, 7) is 4.73. The van der Waals surface area contributed by atoms with E-state index in [1.54, 1.807) is 24.3 Å². The molecule has 2 amide bonds. The van der Waals surface area contributed by atoms with Crippen molar-refractivity contribution >= 4 is 23.2 Å². The molecule has 6 nitrogen and oxygen atoms in total. The molecule has 6 heteroatoms. The third-order valence-corrected chi connectivity index (χ3v) is 3.93. The van der Waals surface area contributed by atoms with Crippen molar-refractivity contribution in [3.05, 3.63) is 48.0 Å². The Morgan fingerprint density at radius 2 is 1.54 bits per heavy atom. The van der Waals surface area contributed by atoms with Gasteiger partial charge >= 0.3 is 0 Å². The molecule has 1 aliphatic heterocycles. The van der Waals surface area contributed by atoms with Crippen LogP contribution in [0.1, 0.15) is 19.4 Å². The lowest BCUT2D eigenvalue weighted by Gasteiger charge is -2.18. The average Bonchev–Trinajstić information content (AvgIpc) is 2.63. The molecule has 0 spiro atoms. The van der Waals surface area contributed by atoms with Crippen molar-refractivity contribution in [2.45, 2.75) is 20.3 Å². The molecule has 1 aliphatic rings. The number of amides is 2. The largest absolute Gasteiger partial charge is 0.486 e. The van der Waals surface area contributed by atoms with Crippen LogP contribution in [0.25, 0.3) is 0 Å². The summed E-state index contributed by atoms with van der Waals surface area (Å²) >= 11 is 0. The predicted molar refractivity (Wildman–Crippen MR) is 99.7 cm³/mol. The van der Waals surface area contributed by atoms with Crippen LogP contribution < -0.4 is 20.1 Å². The first kappa shape index (κ1) is 17.8. The monoisotopic (exact) mass is 354 g/mol. The fourth-order valence-electron chi connectivity index (χ4n) is 2.51. The highest BCUT2D eigenvalue weighted by Crippen LogP contribution is 2.30. The van der Waals surface area contributed by atoms with Gasteiger partial charge in [-0.05, 0) is 42.0 Å². The number of nitrogens with one attached hydrogen (secondary N) is 2. The molecule has 0 bridgehead atoms. The van der Waals surface area contributed by atoms with Gasteiger partial charge in [0.25, 0.3) is 0 Å². The normalized spacial score (nSPS) is 12.6. The van der Waals surface area contributed by atoms with Gasteiger partial charge in [0, 0.05) is 17.3 Å². The summed E-state index contributed by atoms with van der Waals surface area (Å²) in [5.74, 6) is 1.13. The van der Waals surface area contributed by atoms with Crippen LogP contribution in [-0.4, -0.2) is 25.0 Å². The van der Waals surface area contributed by atoms with E-state index in [1.165, 1.54) is 0 Å². The van der Waals surface area contributed by atoms with Gasteiger partial charge in [-0.2, -0.15) is 0 Å². The van der Waals surface area contributed by atoms with Crippen LogP contribution in [0.4, 0.5) is 11.4 Å². The summed E-state index contributed by atoms with van der Waals surface area (Å²) in [7, 11) is 0. The molecule has 3 rings (SSSR count). The van der Waals surface area contributed by atoms with E-state index < -0.39 is 0 Å². The number of ether oxygens (including phenoxy) is 2. The Labute approximate surface area is 152 Å². The highest BCUT2D eigenvalue weighted by atomic mass is 16.6. The van der Waals surface area contributed by atoms with Crippen molar-refractivity contribution in [2.24, 2.45) is 5.92 Å². The van der Waals surface area contributed by atoms with E-state index in [0.717, 1.165) is 5.56 Å². The molecule has 2 N–H and O–H groups in total. The van der Waals surface area contributed by atoms with E-state index in [-0.39, 0.29) is 24.2 Å². The van der Waals surface area contributed by atoms with Crippen molar-refractivity contribution < 1.29 is 19.1 Å². The molecule has 1 heterocycles. The first-order chi connectivity index (χ1) is 12.5. The van der Waals surface area contributed by atoms with Gasteiger partial charge in [-0.3, -0.25) is 9.59 Å². The number of rotatable bonds is 5. The summed E-state index contributed by atoms with van der Waals surface area (Å²) in [5, 5.41) is 5.66. The topological polar surface area (TPSA) is 76.7 Å². The third-order valence-electron chi connectivity index (χ3n) is 3.93. The Bertz CT molecular complexity index is 800. The Hall–Kier alpha value is -3.02. The molecule has 136 valence electrons. The average molecular weight is 354 g/mol. The van der Waals surface area contributed by atoms with Gasteiger partial charge in [-0.1, -0.05) is 19.9 Å². The number of carbonyl (C=O) groups is 2. The maximum Gasteiger partial charge on any atom is 0.228 e. The molecule has 0 fully saturated rings. The molecular formula is C20H22N2O4. The maximum absolute atomic E-state index is 12.2. The van der Waals surface area contributed by atoms with Crippen molar-refractivity contribution in [3.63, 3.8) is 0 Å². The zero-order valence-corrected chi connectivity index (χ0v) is 14.9. The van der Waals surface area contributed by atoms with Crippen LogP contribution in [0, 0.1) is 5.92 Å². The van der Waals surface area contributed by atoms with E-state index >= 15 is 0 Å². The van der Waals surface area contributed by atoms with Gasteiger partial charge in [-0.25, -0.2) is 0 Å². The maximum atomic E-state index is 12.2. The summed E-state index contributed by atoms with van der Waals surface area (Å²) < 4.78 is 11.0. The summed E-state index contributed by atoms with van der Waals surface area (Å²) in [6.07, 6.45) is 0.239. The smallest absolute Gasteiger partial charge is 0.228 e. The van der Waals surface area contributed by atoms with Gasteiger partial charge in [0.1, 0.15) is 13.2 Å². The highest BCUT2D eigenvalue weighted by Gasteiger charge is 2.13. The zero-order chi connectivity index (χ0) is 18.5. The standard InChI is InChI=1S/C20H22N2O4/c1-13(2)20(24)22-16-6-4-15(5-7-16)21-19(23)12-14-3-8-17-18(11-14)26-10-9-25-17/h3-8,11,13H,9-10,12H2,1-2H3,(H,21,23)(H,22,24). The van der Waals surface area contributed by atoms with Crippen molar-refractivity contribution in [1.82, 2.24) is 0 Å². The second kappa shape index (κ2) is 7.91. The molecule has 2 aromatic carbocycles. The predicted octanol–water partition coefficient (Wildman–Crippen LogP) is 3.23. The molecule has 0 atom stereocenters. The molecular weight excluding hydrogens is 332 g/mol. The fraction of sp³-hybridized carbons (Fsp3) is 0.300. The lowest BCUT2D eigenvalue weighted by Crippen LogP contribution is -2.18. The van der Waals surface area contributed by atoms with Gasteiger partial charge in [0.2, 0.25) is 11.8 Å². The number of hydrogen-bond donors (Lipinski definition) is 2. The summed E-state index contributed by atoms with van der Waals surface area (Å²) in [4.78, 5) is 23.9. The summed E-state index contributed by atoms with van der Waals surface area (Å²) in [6, 6.07) is 12.6. The van der Waals surface area contributed by atoms with Crippen molar-refractivity contribution in [2.75, 3.05) is 23.8 Å². The zero-order valence-electron chi connectivity index (χ0n) is 14.9. The minimum Gasteiger partial charge on any atom is -0.486 e. The second-order valence-electron chi connectivity index (χ2n) is 6.42. The van der Waals surface area contributed by atoms with E-state index in [9.17, 15) is 9.59 Å². The van der Waals surface area contributed by atoms with Gasteiger partial charge in [0.15, 0.2) is 11.5 Å². The van der Waals surface area contributed by atoms with Crippen LogP contribution in [0.5, 0.6) is 11.5 Å². The van der Waals surface area contributed by atoms with Crippen LogP contribution >= 0.6 is 0 Å². The summed E-state index contributed by atoms with van der Waals surface area (Å²) in [5.41, 5.74) is 2.23. The first-order valence-corrected chi connectivity index (χ1v) is 8.60. The van der Waals surface area contributed by atoms with Crippen molar-refractivity contribution in [1.29, 1.82) is 0 Å². The Morgan fingerprint density at radius 3 is 2.19 bits per heavy atom. The Balaban J connectivity index is 1.57. The van der Waals surface area contributed by atoms with Crippen LogP contribution in [0.3, 0.4) is 0 Å². The molecule has 0 aromatic heterocycles. The molecule has 26 heavy (non-hydrogen) atoms. The Morgan fingerprint density at radius 1 is 0.923 bits per heavy atom. The van der Waals surface area contributed by atoms with Crippen LogP contribution in [0.2, 0.25) is 0 Å². The molecule has 2 aromatic rings. The second-order valence-corrected chi connectivity index (χ2v) is 6.42. The lowest BCUT2D eigenvalue weighted by atomic mass is 10.1.